The molecule has 1 N–H and O–H groups in total. The molecule has 44 heavy (non-hydrogen) atoms. The quantitative estimate of drug-likeness (QED) is 0.0555. The molecule has 0 saturated heterocycles. The van der Waals surface area contributed by atoms with Crippen LogP contribution in [0.5, 0.6) is 0 Å². The fraction of sp³-hybridized carbons (Fsp3) is 0.949. The second-order valence-corrected chi connectivity index (χ2v) is 13.3. The number of esters is 2. The van der Waals surface area contributed by atoms with Gasteiger partial charge in [0.25, 0.3) is 0 Å². The maximum Gasteiger partial charge on any atom is 0.306 e. The van der Waals surface area contributed by atoms with E-state index < -0.39 is 0 Å². The average Bonchev–Trinajstić information content (AvgIpc) is 3.02. The molecule has 5 heteroatoms. The molecular formula is C39H77NO4. The largest absolute Gasteiger partial charge is 0.466 e. The molecular weight excluding hydrogens is 546 g/mol. The maximum atomic E-state index is 12.6. The van der Waals surface area contributed by atoms with E-state index in [1.54, 1.807) is 0 Å². The molecule has 0 unspecified atom stereocenters. The van der Waals surface area contributed by atoms with E-state index in [9.17, 15) is 9.59 Å². The number of hydrogen-bond donors (Lipinski definition) is 1. The topological polar surface area (TPSA) is 64.6 Å². The Balaban J connectivity index is 3.71. The molecule has 0 bridgehead atoms. The molecule has 0 aliphatic carbocycles. The van der Waals surface area contributed by atoms with Crippen molar-refractivity contribution in [2.24, 2.45) is 0 Å². The molecule has 0 rings (SSSR count). The molecule has 0 heterocycles. The van der Waals surface area contributed by atoms with Crippen LogP contribution in [0.1, 0.15) is 213 Å². The highest BCUT2D eigenvalue weighted by atomic mass is 16.5. The Morgan fingerprint density at radius 1 is 0.455 bits per heavy atom. The van der Waals surface area contributed by atoms with Crippen LogP contribution in [0.15, 0.2) is 0 Å². The van der Waals surface area contributed by atoms with E-state index in [2.05, 4.69) is 26.1 Å². The molecule has 0 radical (unpaired) electrons. The van der Waals surface area contributed by atoms with Crippen molar-refractivity contribution in [3.05, 3.63) is 0 Å². The van der Waals surface area contributed by atoms with Gasteiger partial charge in [0, 0.05) is 12.8 Å². The fourth-order valence-corrected chi connectivity index (χ4v) is 5.84. The summed E-state index contributed by atoms with van der Waals surface area (Å²) < 4.78 is 11.3. The molecule has 0 aliphatic heterocycles. The first-order chi connectivity index (χ1) is 21.6. The standard InChI is InChI=1S/C39H77NO4/c1-4-7-10-13-18-23-28-36-43-38(41)33-29-35-40-34-27-22-17-16-21-26-32-39(42)44-37(30-24-19-14-11-8-5-2)31-25-20-15-12-9-6-3/h37,40H,4-36H2,1-3H3. The van der Waals surface area contributed by atoms with Crippen molar-refractivity contribution in [1.82, 2.24) is 5.32 Å². The smallest absolute Gasteiger partial charge is 0.306 e. The third-order valence-corrected chi connectivity index (χ3v) is 8.79. The van der Waals surface area contributed by atoms with Gasteiger partial charge in [-0.2, -0.15) is 0 Å². The number of rotatable bonds is 36. The minimum absolute atomic E-state index is 0.0258. The molecule has 0 aromatic rings. The van der Waals surface area contributed by atoms with Gasteiger partial charge in [0.05, 0.1) is 6.61 Å². The summed E-state index contributed by atoms with van der Waals surface area (Å²) in [4.78, 5) is 24.4. The van der Waals surface area contributed by atoms with Crippen molar-refractivity contribution >= 4 is 11.9 Å². The third-order valence-electron chi connectivity index (χ3n) is 8.79. The Bertz CT molecular complexity index is 581. The van der Waals surface area contributed by atoms with E-state index in [1.807, 2.05) is 0 Å². The average molecular weight is 624 g/mol. The highest BCUT2D eigenvalue weighted by molar-refractivity contribution is 5.69. The summed E-state index contributed by atoms with van der Waals surface area (Å²) in [6.07, 6.45) is 35.2. The maximum absolute atomic E-state index is 12.6. The van der Waals surface area contributed by atoms with E-state index in [1.165, 1.54) is 141 Å². The molecule has 0 atom stereocenters. The van der Waals surface area contributed by atoms with Crippen LogP contribution in [0, 0.1) is 0 Å². The highest BCUT2D eigenvalue weighted by Gasteiger charge is 2.14. The van der Waals surface area contributed by atoms with Gasteiger partial charge in [0.15, 0.2) is 0 Å². The van der Waals surface area contributed by atoms with Gasteiger partial charge in [0.2, 0.25) is 0 Å². The zero-order chi connectivity index (χ0) is 32.2. The molecule has 5 nitrogen and oxygen atoms in total. The summed E-state index contributed by atoms with van der Waals surface area (Å²) in [5, 5.41) is 3.46. The van der Waals surface area contributed by atoms with Crippen LogP contribution >= 0.6 is 0 Å². The minimum atomic E-state index is -0.0483. The van der Waals surface area contributed by atoms with Crippen LogP contribution < -0.4 is 5.32 Å². The third kappa shape index (κ3) is 33.8. The van der Waals surface area contributed by atoms with Crippen LogP contribution in [0.3, 0.4) is 0 Å². The van der Waals surface area contributed by atoms with Gasteiger partial charge in [-0.1, -0.05) is 149 Å². The molecule has 0 aliphatic rings. The molecule has 0 amide bonds. The summed E-state index contributed by atoms with van der Waals surface area (Å²) in [5.41, 5.74) is 0. The first-order valence-electron chi connectivity index (χ1n) is 19.7. The first kappa shape index (κ1) is 42.9. The predicted octanol–water partition coefficient (Wildman–Crippen LogP) is 11.8. The van der Waals surface area contributed by atoms with Crippen LogP contribution in [0.4, 0.5) is 0 Å². The van der Waals surface area contributed by atoms with Crippen molar-refractivity contribution in [1.29, 1.82) is 0 Å². The Morgan fingerprint density at radius 2 is 0.864 bits per heavy atom. The van der Waals surface area contributed by atoms with Crippen LogP contribution in [-0.4, -0.2) is 37.7 Å². The van der Waals surface area contributed by atoms with Crippen molar-refractivity contribution in [3.8, 4) is 0 Å². The van der Waals surface area contributed by atoms with Crippen LogP contribution in [-0.2, 0) is 19.1 Å². The summed E-state index contributed by atoms with van der Waals surface area (Å²) in [6.45, 7) is 9.24. The van der Waals surface area contributed by atoms with Crippen molar-refractivity contribution in [2.75, 3.05) is 19.7 Å². The second-order valence-electron chi connectivity index (χ2n) is 13.3. The minimum Gasteiger partial charge on any atom is -0.466 e. The summed E-state index contributed by atoms with van der Waals surface area (Å²) in [5.74, 6) is -0.0225. The van der Waals surface area contributed by atoms with Crippen molar-refractivity contribution in [2.45, 2.75) is 219 Å². The SMILES string of the molecule is CCCCCCCCCOC(=O)CCCNCCCCCCCCC(=O)OC(CCCCCCCC)CCCCCCCC. The normalized spacial score (nSPS) is 11.4. The van der Waals surface area contributed by atoms with Gasteiger partial charge in [-0.05, 0) is 64.5 Å². The number of ether oxygens (including phenoxy) is 2. The summed E-state index contributed by atoms with van der Waals surface area (Å²) in [6, 6.07) is 0. The summed E-state index contributed by atoms with van der Waals surface area (Å²) >= 11 is 0. The summed E-state index contributed by atoms with van der Waals surface area (Å²) in [7, 11) is 0. The highest BCUT2D eigenvalue weighted by Crippen LogP contribution is 2.18. The monoisotopic (exact) mass is 624 g/mol. The Hall–Kier alpha value is -1.10. The lowest BCUT2D eigenvalue weighted by molar-refractivity contribution is -0.150. The lowest BCUT2D eigenvalue weighted by atomic mass is 10.0. The Labute approximate surface area is 275 Å². The number of carbonyl (C=O) groups is 2. The molecule has 0 saturated carbocycles. The molecule has 0 aromatic heterocycles. The van der Waals surface area contributed by atoms with Gasteiger partial charge >= 0.3 is 11.9 Å². The molecule has 262 valence electrons. The lowest BCUT2D eigenvalue weighted by Crippen LogP contribution is -2.18. The zero-order valence-electron chi connectivity index (χ0n) is 30.0. The van der Waals surface area contributed by atoms with E-state index in [-0.39, 0.29) is 18.0 Å². The van der Waals surface area contributed by atoms with E-state index >= 15 is 0 Å². The van der Waals surface area contributed by atoms with E-state index in [0.717, 1.165) is 51.6 Å². The van der Waals surface area contributed by atoms with Crippen molar-refractivity contribution < 1.29 is 19.1 Å². The molecule has 0 aromatic carbocycles. The Morgan fingerprint density at radius 3 is 1.41 bits per heavy atom. The fourth-order valence-electron chi connectivity index (χ4n) is 5.84. The van der Waals surface area contributed by atoms with Gasteiger partial charge < -0.3 is 14.8 Å². The van der Waals surface area contributed by atoms with Crippen LogP contribution in [0.2, 0.25) is 0 Å². The molecule has 0 fully saturated rings. The van der Waals surface area contributed by atoms with Crippen LogP contribution in [0.25, 0.3) is 0 Å². The zero-order valence-corrected chi connectivity index (χ0v) is 30.0. The first-order valence-corrected chi connectivity index (χ1v) is 19.7. The van der Waals surface area contributed by atoms with E-state index in [0.29, 0.717) is 19.4 Å². The predicted molar refractivity (Wildman–Crippen MR) is 189 cm³/mol. The number of unbranched alkanes of at least 4 members (excludes halogenated alkanes) is 21. The van der Waals surface area contributed by atoms with Gasteiger partial charge in [-0.3, -0.25) is 9.59 Å². The number of hydrogen-bond acceptors (Lipinski definition) is 5. The number of carbonyl (C=O) groups excluding carboxylic acids is 2. The number of nitrogens with one attached hydrogen (secondary N) is 1. The van der Waals surface area contributed by atoms with Gasteiger partial charge in [-0.15, -0.1) is 0 Å². The van der Waals surface area contributed by atoms with Gasteiger partial charge in [-0.25, -0.2) is 0 Å². The van der Waals surface area contributed by atoms with Crippen molar-refractivity contribution in [3.63, 3.8) is 0 Å². The van der Waals surface area contributed by atoms with Gasteiger partial charge in [0.1, 0.15) is 6.10 Å². The lowest BCUT2D eigenvalue weighted by Gasteiger charge is -2.18. The second kappa shape index (κ2) is 36.4. The Kier molecular flexibility index (Phi) is 35.5. The van der Waals surface area contributed by atoms with E-state index in [4.69, 9.17) is 9.47 Å². The molecule has 0 spiro atoms.